The minimum Gasteiger partial charge on any atom is -0.449 e. The molecule has 0 aliphatic heterocycles. The van der Waals surface area contributed by atoms with Gasteiger partial charge in [0.15, 0.2) is 11.9 Å². The van der Waals surface area contributed by atoms with E-state index >= 15 is 0 Å². The van der Waals surface area contributed by atoms with E-state index < -0.39 is 12.1 Å². The maximum atomic E-state index is 12.2. The Morgan fingerprint density at radius 3 is 2.52 bits per heavy atom. The van der Waals surface area contributed by atoms with Gasteiger partial charge in [-0.1, -0.05) is 18.0 Å². The molecule has 25 heavy (non-hydrogen) atoms. The highest BCUT2D eigenvalue weighted by atomic mass is 16.5. The summed E-state index contributed by atoms with van der Waals surface area (Å²) in [5.74, 6) is 0.142. The van der Waals surface area contributed by atoms with Crippen LogP contribution in [-0.2, 0) is 9.53 Å². The van der Waals surface area contributed by atoms with Gasteiger partial charge in [0.05, 0.1) is 5.56 Å². The topological polar surface area (TPSA) is 94.3 Å². The zero-order valence-corrected chi connectivity index (χ0v) is 14.3. The Morgan fingerprint density at radius 2 is 1.92 bits per heavy atom. The standard InChI is InChI=1S/C18H21N3O4/c1-11(16(22)20-15-5-3-4-6-15)24-18(23)14-9-7-13(8-10-14)17-19-12(2)21-25-17/h7-11,15H,3-6H2,1-2H3,(H,20,22)/t11-/m1/s1. The smallest absolute Gasteiger partial charge is 0.338 e. The van der Waals surface area contributed by atoms with Gasteiger partial charge in [-0.25, -0.2) is 4.79 Å². The first-order chi connectivity index (χ1) is 12.0. The van der Waals surface area contributed by atoms with Crippen molar-refractivity contribution in [3.8, 4) is 11.5 Å². The van der Waals surface area contributed by atoms with E-state index in [2.05, 4.69) is 15.5 Å². The first-order valence-electron chi connectivity index (χ1n) is 8.45. The molecule has 1 fully saturated rings. The molecule has 1 atom stereocenters. The Morgan fingerprint density at radius 1 is 1.24 bits per heavy atom. The van der Waals surface area contributed by atoms with Gasteiger partial charge in [0, 0.05) is 11.6 Å². The summed E-state index contributed by atoms with van der Waals surface area (Å²) in [4.78, 5) is 28.4. The largest absolute Gasteiger partial charge is 0.449 e. The van der Waals surface area contributed by atoms with Crippen molar-refractivity contribution in [2.75, 3.05) is 0 Å². The van der Waals surface area contributed by atoms with Crippen LogP contribution >= 0.6 is 0 Å². The maximum Gasteiger partial charge on any atom is 0.338 e. The number of hydrogen-bond donors (Lipinski definition) is 1. The van der Waals surface area contributed by atoms with Crippen LogP contribution in [0.3, 0.4) is 0 Å². The van der Waals surface area contributed by atoms with Gasteiger partial charge in [-0.15, -0.1) is 0 Å². The second-order valence-corrected chi connectivity index (χ2v) is 6.26. The van der Waals surface area contributed by atoms with Crippen LogP contribution in [0.15, 0.2) is 28.8 Å². The lowest BCUT2D eigenvalue weighted by atomic mass is 10.1. The molecule has 1 aromatic carbocycles. The van der Waals surface area contributed by atoms with E-state index in [1.165, 1.54) is 0 Å². The molecule has 0 bridgehead atoms. The summed E-state index contributed by atoms with van der Waals surface area (Å²) >= 11 is 0. The number of ether oxygens (including phenoxy) is 1. The summed E-state index contributed by atoms with van der Waals surface area (Å²) in [6.07, 6.45) is 3.41. The molecule has 1 heterocycles. The summed E-state index contributed by atoms with van der Waals surface area (Å²) in [7, 11) is 0. The van der Waals surface area contributed by atoms with Crippen molar-refractivity contribution in [2.24, 2.45) is 0 Å². The number of carbonyl (C=O) groups excluding carboxylic acids is 2. The second-order valence-electron chi connectivity index (χ2n) is 6.26. The maximum absolute atomic E-state index is 12.2. The molecule has 2 aromatic rings. The van der Waals surface area contributed by atoms with Gasteiger partial charge in [-0.3, -0.25) is 4.79 Å². The van der Waals surface area contributed by atoms with Crippen molar-refractivity contribution >= 4 is 11.9 Å². The van der Waals surface area contributed by atoms with Crippen molar-refractivity contribution in [3.63, 3.8) is 0 Å². The molecule has 1 aromatic heterocycles. The second kappa shape index (κ2) is 7.46. The Hall–Kier alpha value is -2.70. The summed E-state index contributed by atoms with van der Waals surface area (Å²) < 4.78 is 10.3. The number of rotatable bonds is 5. The Kier molecular flexibility index (Phi) is 5.11. The van der Waals surface area contributed by atoms with Crippen LogP contribution < -0.4 is 5.32 Å². The Balaban J connectivity index is 1.57. The van der Waals surface area contributed by atoms with Gasteiger partial charge < -0.3 is 14.6 Å². The molecule has 7 nitrogen and oxygen atoms in total. The van der Waals surface area contributed by atoms with Crippen LogP contribution in [-0.4, -0.2) is 34.2 Å². The molecule has 0 spiro atoms. The molecule has 0 radical (unpaired) electrons. The van der Waals surface area contributed by atoms with Gasteiger partial charge in [0.1, 0.15) is 0 Å². The highest BCUT2D eigenvalue weighted by molar-refractivity contribution is 5.92. The number of carbonyl (C=O) groups is 2. The van der Waals surface area contributed by atoms with Crippen molar-refractivity contribution in [1.29, 1.82) is 0 Å². The van der Waals surface area contributed by atoms with Crippen LogP contribution in [0.4, 0.5) is 0 Å². The molecule has 1 aliphatic rings. The summed E-state index contributed by atoms with van der Waals surface area (Å²) in [5, 5.41) is 6.65. The fraction of sp³-hybridized carbons (Fsp3) is 0.444. The average Bonchev–Trinajstić information content (AvgIpc) is 3.26. The number of benzene rings is 1. The third-order valence-corrected chi connectivity index (χ3v) is 4.25. The lowest BCUT2D eigenvalue weighted by Crippen LogP contribution is -2.40. The van der Waals surface area contributed by atoms with E-state index in [4.69, 9.17) is 9.26 Å². The van der Waals surface area contributed by atoms with Crippen LogP contribution in [0.2, 0.25) is 0 Å². The molecule has 7 heteroatoms. The third-order valence-electron chi connectivity index (χ3n) is 4.25. The number of nitrogens with one attached hydrogen (secondary N) is 1. The third kappa shape index (κ3) is 4.23. The van der Waals surface area contributed by atoms with Crippen LogP contribution in [0.5, 0.6) is 0 Å². The predicted molar refractivity (Wildman–Crippen MR) is 89.7 cm³/mol. The molecule has 1 amide bonds. The fourth-order valence-corrected chi connectivity index (χ4v) is 2.83. The summed E-state index contributed by atoms with van der Waals surface area (Å²) in [6.45, 7) is 3.31. The number of aryl methyl sites for hydroxylation is 1. The molecular weight excluding hydrogens is 322 g/mol. The van der Waals surface area contributed by atoms with Crippen LogP contribution in [0.1, 0.15) is 48.8 Å². The van der Waals surface area contributed by atoms with E-state index in [1.54, 1.807) is 38.1 Å². The van der Waals surface area contributed by atoms with E-state index in [9.17, 15) is 9.59 Å². The lowest BCUT2D eigenvalue weighted by Gasteiger charge is -2.17. The van der Waals surface area contributed by atoms with Crippen molar-refractivity contribution in [2.45, 2.75) is 51.7 Å². The highest BCUT2D eigenvalue weighted by Crippen LogP contribution is 2.19. The molecule has 0 unspecified atom stereocenters. The fourth-order valence-electron chi connectivity index (χ4n) is 2.83. The molecule has 1 aliphatic carbocycles. The first-order valence-corrected chi connectivity index (χ1v) is 8.45. The van der Waals surface area contributed by atoms with Gasteiger partial charge in [-0.05, 0) is 51.0 Å². The van der Waals surface area contributed by atoms with Crippen molar-refractivity contribution < 1.29 is 18.8 Å². The molecular formula is C18H21N3O4. The van der Waals surface area contributed by atoms with Crippen LogP contribution in [0.25, 0.3) is 11.5 Å². The molecule has 3 rings (SSSR count). The van der Waals surface area contributed by atoms with Gasteiger partial charge >= 0.3 is 5.97 Å². The number of nitrogens with zero attached hydrogens (tertiary/aromatic N) is 2. The number of aromatic nitrogens is 2. The summed E-state index contributed by atoms with van der Waals surface area (Å²) in [6, 6.07) is 6.82. The van der Waals surface area contributed by atoms with E-state index in [0.29, 0.717) is 22.8 Å². The average molecular weight is 343 g/mol. The molecule has 1 saturated carbocycles. The van der Waals surface area contributed by atoms with Gasteiger partial charge in [0.2, 0.25) is 0 Å². The zero-order valence-electron chi connectivity index (χ0n) is 14.3. The van der Waals surface area contributed by atoms with E-state index in [-0.39, 0.29) is 11.9 Å². The first kappa shape index (κ1) is 17.1. The van der Waals surface area contributed by atoms with Crippen molar-refractivity contribution in [1.82, 2.24) is 15.5 Å². The van der Waals surface area contributed by atoms with E-state index in [0.717, 1.165) is 25.7 Å². The van der Waals surface area contributed by atoms with E-state index in [1.807, 2.05) is 0 Å². The molecule has 1 N–H and O–H groups in total. The Bertz CT molecular complexity index is 748. The van der Waals surface area contributed by atoms with Crippen LogP contribution in [0, 0.1) is 6.92 Å². The Labute approximate surface area is 145 Å². The SMILES string of the molecule is Cc1noc(-c2ccc(C(=O)O[C@H](C)C(=O)NC3CCCC3)cc2)n1. The molecule has 0 saturated heterocycles. The minimum atomic E-state index is -0.827. The minimum absolute atomic E-state index is 0.200. The van der Waals surface area contributed by atoms with Gasteiger partial charge in [0.25, 0.3) is 11.8 Å². The quantitative estimate of drug-likeness (QED) is 0.839. The highest BCUT2D eigenvalue weighted by Gasteiger charge is 2.23. The zero-order chi connectivity index (χ0) is 17.8. The molecule has 132 valence electrons. The predicted octanol–water partition coefficient (Wildman–Crippen LogP) is 2.65. The summed E-state index contributed by atoms with van der Waals surface area (Å²) in [5.41, 5.74) is 1.07. The van der Waals surface area contributed by atoms with Gasteiger partial charge in [-0.2, -0.15) is 4.98 Å². The number of amides is 1. The van der Waals surface area contributed by atoms with Crippen molar-refractivity contribution in [3.05, 3.63) is 35.7 Å². The lowest BCUT2D eigenvalue weighted by molar-refractivity contribution is -0.129. The monoisotopic (exact) mass is 343 g/mol. The number of esters is 1. The number of hydrogen-bond acceptors (Lipinski definition) is 6. The normalized spacial score (nSPS) is 15.8.